The SMILES string of the molecule is Nc1ccc(NC(=O)CC2CCCCCC2)cc1Br. The first-order valence-electron chi connectivity index (χ1n) is 7.00. The van der Waals surface area contributed by atoms with Crippen LogP contribution < -0.4 is 11.1 Å². The third-order valence-corrected chi connectivity index (χ3v) is 4.42. The van der Waals surface area contributed by atoms with Crippen LogP contribution in [0.1, 0.15) is 44.9 Å². The summed E-state index contributed by atoms with van der Waals surface area (Å²) in [6, 6.07) is 5.48. The maximum Gasteiger partial charge on any atom is 0.224 e. The van der Waals surface area contributed by atoms with Crippen LogP contribution in [0.3, 0.4) is 0 Å². The number of carbonyl (C=O) groups is 1. The zero-order chi connectivity index (χ0) is 13.7. The predicted molar refractivity (Wildman–Crippen MR) is 83.0 cm³/mol. The molecule has 0 bridgehead atoms. The monoisotopic (exact) mass is 324 g/mol. The van der Waals surface area contributed by atoms with Gasteiger partial charge in [-0.3, -0.25) is 4.79 Å². The van der Waals surface area contributed by atoms with Gasteiger partial charge in [0.25, 0.3) is 0 Å². The number of nitrogen functional groups attached to an aromatic ring is 1. The first-order valence-corrected chi connectivity index (χ1v) is 7.79. The molecular formula is C15H21BrN2O. The molecule has 1 saturated carbocycles. The van der Waals surface area contributed by atoms with E-state index >= 15 is 0 Å². The molecule has 0 aliphatic heterocycles. The van der Waals surface area contributed by atoms with Gasteiger partial charge in [-0.15, -0.1) is 0 Å². The first-order chi connectivity index (χ1) is 9.15. The van der Waals surface area contributed by atoms with Crippen molar-refractivity contribution in [1.29, 1.82) is 0 Å². The first kappa shape index (κ1) is 14.4. The summed E-state index contributed by atoms with van der Waals surface area (Å²) < 4.78 is 0.819. The maximum absolute atomic E-state index is 12.0. The van der Waals surface area contributed by atoms with E-state index in [9.17, 15) is 4.79 Å². The highest BCUT2D eigenvalue weighted by atomic mass is 79.9. The molecule has 0 unspecified atom stereocenters. The topological polar surface area (TPSA) is 55.1 Å². The summed E-state index contributed by atoms with van der Waals surface area (Å²) in [6.07, 6.45) is 8.21. The van der Waals surface area contributed by atoms with Gasteiger partial charge < -0.3 is 11.1 Å². The summed E-state index contributed by atoms with van der Waals surface area (Å²) >= 11 is 3.37. The Bertz CT molecular complexity index is 440. The van der Waals surface area contributed by atoms with Crippen molar-refractivity contribution in [2.24, 2.45) is 5.92 Å². The zero-order valence-corrected chi connectivity index (χ0v) is 12.7. The molecule has 1 aromatic rings. The Morgan fingerprint density at radius 3 is 2.58 bits per heavy atom. The van der Waals surface area contributed by atoms with Gasteiger partial charge >= 0.3 is 0 Å². The van der Waals surface area contributed by atoms with Gasteiger partial charge in [0.15, 0.2) is 0 Å². The lowest BCUT2D eigenvalue weighted by Gasteiger charge is -2.14. The van der Waals surface area contributed by atoms with Gasteiger partial charge in [-0.1, -0.05) is 25.7 Å². The average molecular weight is 325 g/mol. The molecule has 104 valence electrons. The molecule has 19 heavy (non-hydrogen) atoms. The Balaban J connectivity index is 1.87. The molecule has 1 aliphatic carbocycles. The number of anilines is 2. The molecule has 3 N–H and O–H groups in total. The van der Waals surface area contributed by atoms with Crippen LogP contribution in [-0.4, -0.2) is 5.91 Å². The molecule has 1 amide bonds. The molecule has 0 radical (unpaired) electrons. The maximum atomic E-state index is 12.0. The van der Waals surface area contributed by atoms with Crippen molar-refractivity contribution in [3.05, 3.63) is 22.7 Å². The van der Waals surface area contributed by atoms with Crippen molar-refractivity contribution in [2.75, 3.05) is 11.1 Å². The highest BCUT2D eigenvalue weighted by Crippen LogP contribution is 2.27. The molecule has 3 nitrogen and oxygen atoms in total. The lowest BCUT2D eigenvalue weighted by atomic mass is 9.96. The number of rotatable bonds is 3. The number of benzene rings is 1. The molecule has 1 aromatic carbocycles. The van der Waals surface area contributed by atoms with Crippen LogP contribution in [0.2, 0.25) is 0 Å². The molecule has 0 heterocycles. The fourth-order valence-corrected chi connectivity index (χ4v) is 3.03. The summed E-state index contributed by atoms with van der Waals surface area (Å²) in [7, 11) is 0. The Kier molecular flexibility index (Phi) is 5.25. The van der Waals surface area contributed by atoms with Crippen LogP contribution >= 0.6 is 15.9 Å². The fraction of sp³-hybridized carbons (Fsp3) is 0.533. The van der Waals surface area contributed by atoms with Gasteiger partial charge in [-0.05, 0) is 52.9 Å². The van der Waals surface area contributed by atoms with Crippen LogP contribution in [0.15, 0.2) is 22.7 Å². The van der Waals surface area contributed by atoms with Gasteiger partial charge in [0.05, 0.1) is 0 Å². The molecule has 0 atom stereocenters. The second-order valence-corrected chi connectivity index (χ2v) is 6.20. The van der Waals surface area contributed by atoms with E-state index in [0.29, 0.717) is 18.0 Å². The van der Waals surface area contributed by atoms with E-state index < -0.39 is 0 Å². The number of halogens is 1. The second-order valence-electron chi connectivity index (χ2n) is 5.35. The minimum Gasteiger partial charge on any atom is -0.398 e. The lowest BCUT2D eigenvalue weighted by molar-refractivity contribution is -0.117. The fourth-order valence-electron chi connectivity index (χ4n) is 2.65. The Hall–Kier alpha value is -1.03. The van der Waals surface area contributed by atoms with E-state index in [4.69, 9.17) is 5.73 Å². The highest BCUT2D eigenvalue weighted by Gasteiger charge is 2.16. The number of amides is 1. The summed E-state index contributed by atoms with van der Waals surface area (Å²) in [6.45, 7) is 0. The third-order valence-electron chi connectivity index (χ3n) is 3.73. The zero-order valence-electron chi connectivity index (χ0n) is 11.1. The third kappa shape index (κ3) is 4.53. The van der Waals surface area contributed by atoms with Crippen molar-refractivity contribution in [3.63, 3.8) is 0 Å². The summed E-state index contributed by atoms with van der Waals surface area (Å²) in [5, 5.41) is 2.95. The minimum atomic E-state index is 0.114. The van der Waals surface area contributed by atoms with Crippen molar-refractivity contribution >= 4 is 33.2 Å². The number of carbonyl (C=O) groups excluding carboxylic acids is 1. The molecule has 4 heteroatoms. The Labute approximate surface area is 123 Å². The van der Waals surface area contributed by atoms with Gasteiger partial charge in [-0.25, -0.2) is 0 Å². The van der Waals surface area contributed by atoms with Crippen LogP contribution in [0, 0.1) is 5.92 Å². The standard InChI is InChI=1S/C15H21BrN2O/c16-13-10-12(7-8-14(13)17)18-15(19)9-11-5-3-1-2-4-6-11/h7-8,10-11H,1-6,9,17H2,(H,18,19). The van der Waals surface area contributed by atoms with E-state index in [2.05, 4.69) is 21.2 Å². The van der Waals surface area contributed by atoms with E-state index in [1.54, 1.807) is 6.07 Å². The van der Waals surface area contributed by atoms with Gasteiger partial charge in [0.2, 0.25) is 5.91 Å². The molecule has 1 aliphatic rings. The van der Waals surface area contributed by atoms with Crippen molar-refractivity contribution in [1.82, 2.24) is 0 Å². The van der Waals surface area contributed by atoms with Gasteiger partial charge in [0, 0.05) is 22.3 Å². The van der Waals surface area contributed by atoms with E-state index in [1.165, 1.54) is 38.5 Å². The summed E-state index contributed by atoms with van der Waals surface area (Å²) in [5.41, 5.74) is 7.21. The van der Waals surface area contributed by atoms with Crippen LogP contribution in [0.25, 0.3) is 0 Å². The number of hydrogen-bond acceptors (Lipinski definition) is 2. The minimum absolute atomic E-state index is 0.114. The molecule has 1 fully saturated rings. The van der Waals surface area contributed by atoms with E-state index in [1.807, 2.05) is 12.1 Å². The molecule has 2 rings (SSSR count). The van der Waals surface area contributed by atoms with Gasteiger partial charge in [-0.2, -0.15) is 0 Å². The van der Waals surface area contributed by atoms with E-state index in [0.717, 1.165) is 10.2 Å². The molecular weight excluding hydrogens is 304 g/mol. The summed E-state index contributed by atoms with van der Waals surface area (Å²) in [4.78, 5) is 12.0. The van der Waals surface area contributed by atoms with Crippen LogP contribution in [0.4, 0.5) is 11.4 Å². The Morgan fingerprint density at radius 2 is 1.95 bits per heavy atom. The smallest absolute Gasteiger partial charge is 0.224 e. The van der Waals surface area contributed by atoms with Crippen molar-refractivity contribution in [2.45, 2.75) is 44.9 Å². The predicted octanol–water partition coefficient (Wildman–Crippen LogP) is 4.33. The lowest BCUT2D eigenvalue weighted by Crippen LogP contribution is -2.16. The number of hydrogen-bond donors (Lipinski definition) is 2. The average Bonchev–Trinajstić information content (AvgIpc) is 2.62. The normalized spacial score (nSPS) is 16.9. The number of nitrogens with two attached hydrogens (primary N) is 1. The molecule has 0 aromatic heterocycles. The van der Waals surface area contributed by atoms with Crippen LogP contribution in [0.5, 0.6) is 0 Å². The van der Waals surface area contributed by atoms with Gasteiger partial charge in [0.1, 0.15) is 0 Å². The second kappa shape index (κ2) is 6.94. The van der Waals surface area contributed by atoms with Crippen molar-refractivity contribution < 1.29 is 4.79 Å². The summed E-state index contributed by atoms with van der Waals surface area (Å²) in [5.74, 6) is 0.670. The quantitative estimate of drug-likeness (QED) is 0.642. The Morgan fingerprint density at radius 1 is 1.26 bits per heavy atom. The number of nitrogens with one attached hydrogen (secondary N) is 1. The highest BCUT2D eigenvalue weighted by molar-refractivity contribution is 9.10. The largest absolute Gasteiger partial charge is 0.398 e. The van der Waals surface area contributed by atoms with Crippen LogP contribution in [-0.2, 0) is 4.79 Å². The molecule has 0 spiro atoms. The van der Waals surface area contributed by atoms with Crippen molar-refractivity contribution in [3.8, 4) is 0 Å². The molecule has 0 saturated heterocycles. The van der Waals surface area contributed by atoms with E-state index in [-0.39, 0.29) is 5.91 Å².